The van der Waals surface area contributed by atoms with Gasteiger partial charge in [0.2, 0.25) is 5.91 Å². The number of anilines is 3. The van der Waals surface area contributed by atoms with Crippen LogP contribution < -0.4 is 24.6 Å². The fourth-order valence-corrected chi connectivity index (χ4v) is 5.69. The molecule has 5 rings (SSSR count). The Balaban J connectivity index is 1.20. The van der Waals surface area contributed by atoms with Gasteiger partial charge in [0, 0.05) is 25.3 Å². The summed E-state index contributed by atoms with van der Waals surface area (Å²) in [6.07, 6.45) is 6.40. The molecule has 1 atom stereocenters. The molecule has 2 saturated heterocycles. The second-order valence-electron chi connectivity index (χ2n) is 11.7. The Hall–Kier alpha value is -4.34. The first-order chi connectivity index (χ1) is 20.7. The van der Waals surface area contributed by atoms with Crippen molar-refractivity contribution in [3.8, 4) is 11.5 Å². The molecule has 0 bridgehead atoms. The first-order valence-electron chi connectivity index (χ1n) is 15.1. The summed E-state index contributed by atoms with van der Waals surface area (Å²) in [4.78, 5) is 38.2. The lowest BCUT2D eigenvalue weighted by Crippen LogP contribution is -2.42. The zero-order chi connectivity index (χ0) is 30.4. The van der Waals surface area contributed by atoms with E-state index in [1.807, 2.05) is 69.3 Å². The Kier molecular flexibility index (Phi) is 9.33. The fourth-order valence-electron chi connectivity index (χ4n) is 5.69. The van der Waals surface area contributed by atoms with Crippen molar-refractivity contribution in [2.45, 2.75) is 58.0 Å². The first kappa shape index (κ1) is 30.1. The monoisotopic (exact) mass is 587 g/mol. The number of hydrogen-bond acceptors (Lipinski definition) is 8. The lowest BCUT2D eigenvalue weighted by Gasteiger charge is -2.34. The van der Waals surface area contributed by atoms with Crippen LogP contribution in [-0.2, 0) is 15.0 Å². The molecule has 2 aromatic carbocycles. The molecule has 10 nitrogen and oxygen atoms in total. The summed E-state index contributed by atoms with van der Waals surface area (Å²) < 4.78 is 12.1. The van der Waals surface area contributed by atoms with Gasteiger partial charge in [-0.2, -0.15) is 0 Å². The summed E-state index contributed by atoms with van der Waals surface area (Å²) in [5.74, 6) is 1.40. The predicted octanol–water partition coefficient (Wildman–Crippen LogP) is 5.14. The van der Waals surface area contributed by atoms with Crippen molar-refractivity contribution in [3.05, 3.63) is 66.5 Å². The molecule has 228 valence electrons. The fraction of sp³-hybridized carbons (Fsp3) is 0.455. The van der Waals surface area contributed by atoms with Crippen molar-refractivity contribution in [1.29, 1.82) is 0 Å². The van der Waals surface area contributed by atoms with Gasteiger partial charge >= 0.3 is 5.97 Å². The summed E-state index contributed by atoms with van der Waals surface area (Å²) in [6.45, 7) is 9.20. The summed E-state index contributed by atoms with van der Waals surface area (Å²) in [5.41, 5.74) is 1.10. The van der Waals surface area contributed by atoms with Crippen molar-refractivity contribution >= 4 is 29.2 Å². The molecular formula is C33H41N5O5. The van der Waals surface area contributed by atoms with Gasteiger partial charge in [-0.15, -0.1) is 0 Å². The van der Waals surface area contributed by atoms with Crippen LogP contribution in [0.4, 0.5) is 17.3 Å². The summed E-state index contributed by atoms with van der Waals surface area (Å²) in [7, 11) is 0. The van der Waals surface area contributed by atoms with Crippen LogP contribution in [0.2, 0.25) is 0 Å². The SMILES string of the molecule is CCOc1ccccc1O[C@@H]1CCCN(c2cncc(NC(=O)C(C)(C)c3ccc(N4CCC(C(=O)O)CC4)cc3)n2)C1. The minimum atomic E-state index is -0.815. The average molecular weight is 588 g/mol. The summed E-state index contributed by atoms with van der Waals surface area (Å²) in [5, 5.41) is 12.2. The standard InChI is InChI=1S/C33H41N5O5/c1-4-42-27-9-5-6-10-28(27)43-26-8-7-17-38(22-26)30-21-34-20-29(35-30)36-32(41)33(2,3)24-11-13-25(14-12-24)37-18-15-23(16-19-37)31(39)40/h5-6,9-14,20-21,23,26H,4,7-8,15-19,22H2,1-3H3,(H,39,40)(H,35,36,41)/t26-/m1/s1. The van der Waals surface area contributed by atoms with Crippen LogP contribution in [0.5, 0.6) is 11.5 Å². The zero-order valence-electron chi connectivity index (χ0n) is 25.2. The van der Waals surface area contributed by atoms with Crippen LogP contribution in [0.3, 0.4) is 0 Å². The van der Waals surface area contributed by atoms with Crippen LogP contribution in [0.1, 0.15) is 52.0 Å². The molecule has 0 spiro atoms. The molecular weight excluding hydrogens is 546 g/mol. The van der Waals surface area contributed by atoms with E-state index >= 15 is 0 Å². The van der Waals surface area contributed by atoms with Gasteiger partial charge in [0.05, 0.1) is 36.9 Å². The Labute approximate surface area is 253 Å². The number of nitrogens with zero attached hydrogens (tertiary/aromatic N) is 4. The third-order valence-electron chi connectivity index (χ3n) is 8.37. The lowest BCUT2D eigenvalue weighted by atomic mass is 9.83. The van der Waals surface area contributed by atoms with E-state index in [-0.39, 0.29) is 17.9 Å². The van der Waals surface area contributed by atoms with E-state index in [0.29, 0.717) is 50.7 Å². The normalized spacial score (nSPS) is 17.8. The van der Waals surface area contributed by atoms with E-state index in [9.17, 15) is 14.7 Å². The second kappa shape index (κ2) is 13.3. The van der Waals surface area contributed by atoms with Gasteiger partial charge in [-0.25, -0.2) is 4.98 Å². The van der Waals surface area contributed by atoms with Crippen LogP contribution in [-0.4, -0.2) is 65.8 Å². The number of hydrogen-bond donors (Lipinski definition) is 2. The maximum absolute atomic E-state index is 13.5. The van der Waals surface area contributed by atoms with Gasteiger partial charge in [-0.05, 0) is 76.3 Å². The molecule has 2 aliphatic heterocycles. The minimum Gasteiger partial charge on any atom is -0.490 e. The Morgan fingerprint density at radius 3 is 2.40 bits per heavy atom. The molecule has 2 fully saturated rings. The van der Waals surface area contributed by atoms with Gasteiger partial charge in [-0.3, -0.25) is 14.6 Å². The van der Waals surface area contributed by atoms with Crippen molar-refractivity contribution < 1.29 is 24.2 Å². The molecule has 0 saturated carbocycles. The van der Waals surface area contributed by atoms with Gasteiger partial charge in [-0.1, -0.05) is 24.3 Å². The minimum absolute atomic E-state index is 0.0270. The molecule has 0 aliphatic carbocycles. The molecule has 2 aliphatic rings. The van der Waals surface area contributed by atoms with E-state index in [1.54, 1.807) is 12.4 Å². The molecule has 43 heavy (non-hydrogen) atoms. The highest BCUT2D eigenvalue weighted by Crippen LogP contribution is 2.31. The highest BCUT2D eigenvalue weighted by atomic mass is 16.5. The number of amides is 1. The van der Waals surface area contributed by atoms with Crippen molar-refractivity contribution in [2.75, 3.05) is 47.9 Å². The van der Waals surface area contributed by atoms with E-state index in [2.05, 4.69) is 20.1 Å². The number of piperidine rings is 2. The summed E-state index contributed by atoms with van der Waals surface area (Å²) >= 11 is 0. The summed E-state index contributed by atoms with van der Waals surface area (Å²) in [6, 6.07) is 15.7. The molecule has 10 heteroatoms. The number of para-hydroxylation sites is 2. The number of carbonyl (C=O) groups excluding carboxylic acids is 1. The zero-order valence-corrected chi connectivity index (χ0v) is 25.2. The number of aromatic nitrogens is 2. The van der Waals surface area contributed by atoms with E-state index in [0.717, 1.165) is 42.1 Å². The Morgan fingerprint density at radius 1 is 0.977 bits per heavy atom. The van der Waals surface area contributed by atoms with Crippen LogP contribution in [0, 0.1) is 5.92 Å². The number of aliphatic carboxylic acids is 1. The lowest BCUT2D eigenvalue weighted by molar-refractivity contribution is -0.142. The Morgan fingerprint density at radius 2 is 1.70 bits per heavy atom. The molecule has 0 unspecified atom stereocenters. The third kappa shape index (κ3) is 7.18. The van der Waals surface area contributed by atoms with Crippen molar-refractivity contribution in [2.24, 2.45) is 5.92 Å². The van der Waals surface area contributed by atoms with Gasteiger partial charge in [0.25, 0.3) is 0 Å². The number of ether oxygens (including phenoxy) is 2. The molecule has 1 amide bonds. The van der Waals surface area contributed by atoms with Crippen molar-refractivity contribution in [3.63, 3.8) is 0 Å². The number of nitrogens with one attached hydrogen (secondary N) is 1. The quantitative estimate of drug-likeness (QED) is 0.333. The molecule has 3 aromatic rings. The average Bonchev–Trinajstić information content (AvgIpc) is 3.02. The smallest absolute Gasteiger partial charge is 0.306 e. The Bertz CT molecular complexity index is 1400. The van der Waals surface area contributed by atoms with Gasteiger partial charge in [0.15, 0.2) is 17.3 Å². The number of benzene rings is 2. The third-order valence-corrected chi connectivity index (χ3v) is 8.37. The molecule has 0 radical (unpaired) electrons. The highest BCUT2D eigenvalue weighted by Gasteiger charge is 2.31. The number of rotatable bonds is 10. The predicted molar refractivity (Wildman–Crippen MR) is 166 cm³/mol. The second-order valence-corrected chi connectivity index (χ2v) is 11.7. The van der Waals surface area contributed by atoms with Crippen LogP contribution in [0.15, 0.2) is 60.9 Å². The number of carbonyl (C=O) groups is 2. The van der Waals surface area contributed by atoms with Crippen LogP contribution in [0.25, 0.3) is 0 Å². The van der Waals surface area contributed by atoms with Gasteiger partial charge < -0.3 is 29.7 Å². The maximum Gasteiger partial charge on any atom is 0.306 e. The molecule has 1 aromatic heterocycles. The molecule has 2 N–H and O–H groups in total. The van der Waals surface area contributed by atoms with E-state index < -0.39 is 11.4 Å². The molecule has 3 heterocycles. The first-order valence-corrected chi connectivity index (χ1v) is 15.1. The van der Waals surface area contributed by atoms with Crippen LogP contribution >= 0.6 is 0 Å². The van der Waals surface area contributed by atoms with E-state index in [4.69, 9.17) is 14.5 Å². The van der Waals surface area contributed by atoms with E-state index in [1.165, 1.54) is 0 Å². The highest BCUT2D eigenvalue weighted by molar-refractivity contribution is 5.98. The number of carboxylic acid groups (broad SMARTS) is 1. The largest absolute Gasteiger partial charge is 0.490 e. The van der Waals surface area contributed by atoms with Gasteiger partial charge in [0.1, 0.15) is 11.9 Å². The topological polar surface area (TPSA) is 117 Å². The number of carboxylic acids is 1. The van der Waals surface area contributed by atoms with Crippen molar-refractivity contribution in [1.82, 2.24) is 9.97 Å². The maximum atomic E-state index is 13.5.